The average Bonchev–Trinajstić information content (AvgIpc) is 2.13. The summed E-state index contributed by atoms with van der Waals surface area (Å²) in [6, 6.07) is 0. The van der Waals surface area contributed by atoms with E-state index in [1.54, 1.807) is 0 Å². The predicted octanol–water partition coefficient (Wildman–Crippen LogP) is 2.17. The van der Waals surface area contributed by atoms with Crippen LogP contribution in [0.2, 0.25) is 0 Å². The number of carbonyl (C=O) groups is 1. The normalized spacial score (nSPS) is 13.0. The zero-order chi connectivity index (χ0) is 13.0. The summed E-state index contributed by atoms with van der Waals surface area (Å²) < 4.78 is 0. The van der Waals surface area contributed by atoms with Crippen molar-refractivity contribution in [1.29, 1.82) is 0 Å². The Hall–Kier alpha value is -0.570. The van der Waals surface area contributed by atoms with Gasteiger partial charge in [-0.05, 0) is 31.7 Å². The van der Waals surface area contributed by atoms with Gasteiger partial charge in [0.1, 0.15) is 0 Å². The van der Waals surface area contributed by atoms with Gasteiger partial charge in [-0.2, -0.15) is 0 Å². The maximum Gasteiger partial charge on any atom is 0.239 e. The molecule has 0 fully saturated rings. The molecule has 0 atom stereocenters. The molecule has 0 rings (SSSR count). The number of hydrogen-bond donors (Lipinski definition) is 2. The highest BCUT2D eigenvalue weighted by atomic mass is 16.2. The zero-order valence-corrected chi connectivity index (χ0v) is 11.9. The molecule has 0 unspecified atom stereocenters. The fraction of sp³-hybridized carbons (Fsp3) is 0.923. The van der Waals surface area contributed by atoms with Gasteiger partial charge in [-0.15, -0.1) is 0 Å². The Morgan fingerprint density at radius 1 is 1.19 bits per heavy atom. The molecule has 0 aromatic heterocycles. The van der Waals surface area contributed by atoms with Gasteiger partial charge in [0.05, 0.1) is 5.54 Å². The van der Waals surface area contributed by atoms with E-state index in [0.29, 0.717) is 5.92 Å². The van der Waals surface area contributed by atoms with Crippen LogP contribution in [0.25, 0.3) is 0 Å². The van der Waals surface area contributed by atoms with Gasteiger partial charge in [0.2, 0.25) is 5.91 Å². The number of likely N-dealkylation sites (N-methyl/N-ethyl adjacent to an activating group) is 1. The van der Waals surface area contributed by atoms with Crippen LogP contribution in [0.1, 0.15) is 48.5 Å². The van der Waals surface area contributed by atoms with Gasteiger partial charge < -0.3 is 10.6 Å². The summed E-state index contributed by atoms with van der Waals surface area (Å²) in [5, 5.41) is 6.20. The van der Waals surface area contributed by atoms with Crippen molar-refractivity contribution >= 4 is 5.91 Å². The summed E-state index contributed by atoms with van der Waals surface area (Å²) in [5.41, 5.74) is -0.347. The van der Waals surface area contributed by atoms with E-state index in [-0.39, 0.29) is 11.3 Å². The molecule has 0 aliphatic rings. The van der Waals surface area contributed by atoms with Crippen molar-refractivity contribution in [1.82, 2.24) is 10.6 Å². The molecule has 0 aromatic rings. The fourth-order valence-corrected chi connectivity index (χ4v) is 1.26. The van der Waals surface area contributed by atoms with Gasteiger partial charge in [0.15, 0.2) is 0 Å². The molecule has 0 aliphatic carbocycles. The van der Waals surface area contributed by atoms with Crippen LogP contribution in [0.5, 0.6) is 0 Å². The Morgan fingerprint density at radius 3 is 2.06 bits per heavy atom. The van der Waals surface area contributed by atoms with Gasteiger partial charge in [0.25, 0.3) is 0 Å². The molecule has 1 amide bonds. The van der Waals surface area contributed by atoms with Crippen molar-refractivity contribution in [3.05, 3.63) is 0 Å². The lowest BCUT2D eigenvalue weighted by Gasteiger charge is -2.32. The molecule has 0 bridgehead atoms. The summed E-state index contributed by atoms with van der Waals surface area (Å²) in [7, 11) is 0. The van der Waals surface area contributed by atoms with Crippen molar-refractivity contribution in [2.24, 2.45) is 11.3 Å². The van der Waals surface area contributed by atoms with Crippen LogP contribution in [0.4, 0.5) is 0 Å². The van der Waals surface area contributed by atoms with E-state index >= 15 is 0 Å². The summed E-state index contributed by atoms with van der Waals surface area (Å²) in [4.78, 5) is 12.0. The van der Waals surface area contributed by atoms with Crippen LogP contribution in [0, 0.1) is 11.3 Å². The molecule has 0 aromatic carbocycles. The second kappa shape index (κ2) is 5.67. The Bertz CT molecular complexity index is 232. The molecule has 3 nitrogen and oxygen atoms in total. The first-order valence-corrected chi connectivity index (χ1v) is 6.17. The van der Waals surface area contributed by atoms with Crippen molar-refractivity contribution in [2.75, 3.05) is 13.1 Å². The highest BCUT2D eigenvalue weighted by molar-refractivity contribution is 5.85. The third-order valence-electron chi connectivity index (χ3n) is 3.45. The quantitative estimate of drug-likeness (QED) is 0.731. The Kier molecular flexibility index (Phi) is 5.47. The van der Waals surface area contributed by atoms with E-state index in [4.69, 9.17) is 0 Å². The van der Waals surface area contributed by atoms with Crippen molar-refractivity contribution < 1.29 is 4.79 Å². The Morgan fingerprint density at radius 2 is 1.69 bits per heavy atom. The second-order valence-electron chi connectivity index (χ2n) is 5.98. The van der Waals surface area contributed by atoms with E-state index in [1.165, 1.54) is 0 Å². The van der Waals surface area contributed by atoms with Crippen LogP contribution in [-0.2, 0) is 4.79 Å². The van der Waals surface area contributed by atoms with E-state index in [9.17, 15) is 4.79 Å². The molecular formula is C13H28N2O. The summed E-state index contributed by atoms with van der Waals surface area (Å²) in [5.74, 6) is 0.623. The minimum Gasteiger partial charge on any atom is -0.354 e. The number of carbonyl (C=O) groups excluding carboxylic acids is 1. The van der Waals surface area contributed by atoms with Crippen molar-refractivity contribution in [3.63, 3.8) is 0 Å². The molecule has 96 valence electrons. The van der Waals surface area contributed by atoms with Crippen molar-refractivity contribution in [2.45, 2.75) is 54.0 Å². The first-order valence-electron chi connectivity index (χ1n) is 6.17. The molecule has 0 radical (unpaired) electrons. The third kappa shape index (κ3) is 4.52. The molecule has 16 heavy (non-hydrogen) atoms. The molecule has 3 heteroatoms. The van der Waals surface area contributed by atoms with Crippen LogP contribution >= 0.6 is 0 Å². The van der Waals surface area contributed by atoms with E-state index in [1.807, 2.05) is 20.8 Å². The molecular weight excluding hydrogens is 200 g/mol. The predicted molar refractivity (Wildman–Crippen MR) is 69.4 cm³/mol. The third-order valence-corrected chi connectivity index (χ3v) is 3.45. The topological polar surface area (TPSA) is 41.1 Å². The second-order valence-corrected chi connectivity index (χ2v) is 5.98. The SMILES string of the molecule is CCNC(C)(C)C(=O)NCC(C)(C)C(C)C. The minimum atomic E-state index is -0.484. The first kappa shape index (κ1) is 15.4. The average molecular weight is 228 g/mol. The smallest absolute Gasteiger partial charge is 0.239 e. The number of amides is 1. The van der Waals surface area contributed by atoms with Crippen LogP contribution < -0.4 is 10.6 Å². The van der Waals surface area contributed by atoms with Gasteiger partial charge >= 0.3 is 0 Å². The maximum atomic E-state index is 12.0. The maximum absolute atomic E-state index is 12.0. The molecule has 2 N–H and O–H groups in total. The number of nitrogens with one attached hydrogen (secondary N) is 2. The lowest BCUT2D eigenvalue weighted by Crippen LogP contribution is -2.54. The molecule has 0 heterocycles. The van der Waals surface area contributed by atoms with E-state index < -0.39 is 5.54 Å². The molecule has 0 spiro atoms. The van der Waals surface area contributed by atoms with Crippen LogP contribution in [-0.4, -0.2) is 24.5 Å². The highest BCUT2D eigenvalue weighted by Crippen LogP contribution is 2.24. The van der Waals surface area contributed by atoms with Gasteiger partial charge in [-0.1, -0.05) is 34.6 Å². The lowest BCUT2D eigenvalue weighted by atomic mass is 9.81. The summed E-state index contributed by atoms with van der Waals surface area (Å²) >= 11 is 0. The Labute approximate surface area is 100 Å². The van der Waals surface area contributed by atoms with Crippen LogP contribution in [0.15, 0.2) is 0 Å². The van der Waals surface area contributed by atoms with Gasteiger partial charge in [-0.3, -0.25) is 4.79 Å². The monoisotopic (exact) mass is 228 g/mol. The van der Waals surface area contributed by atoms with Crippen LogP contribution in [0.3, 0.4) is 0 Å². The molecule has 0 saturated carbocycles. The largest absolute Gasteiger partial charge is 0.354 e. The summed E-state index contributed by atoms with van der Waals surface area (Å²) in [6.07, 6.45) is 0. The van der Waals surface area contributed by atoms with Crippen molar-refractivity contribution in [3.8, 4) is 0 Å². The fourth-order valence-electron chi connectivity index (χ4n) is 1.26. The number of rotatable bonds is 6. The molecule has 0 saturated heterocycles. The highest BCUT2D eigenvalue weighted by Gasteiger charge is 2.29. The standard InChI is InChI=1S/C13H28N2O/c1-8-15-13(6,7)11(16)14-9-12(4,5)10(2)3/h10,15H,8-9H2,1-7H3,(H,14,16). The molecule has 0 aliphatic heterocycles. The Balaban J connectivity index is 4.27. The van der Waals surface area contributed by atoms with Gasteiger partial charge in [0, 0.05) is 6.54 Å². The van der Waals surface area contributed by atoms with E-state index in [2.05, 4.69) is 38.3 Å². The lowest BCUT2D eigenvalue weighted by molar-refractivity contribution is -0.127. The minimum absolute atomic E-state index is 0.0723. The first-order chi connectivity index (χ1) is 7.13. The summed E-state index contributed by atoms with van der Waals surface area (Å²) in [6.45, 7) is 16.1. The van der Waals surface area contributed by atoms with Gasteiger partial charge in [-0.25, -0.2) is 0 Å². The number of hydrogen-bond acceptors (Lipinski definition) is 2. The van der Waals surface area contributed by atoms with E-state index in [0.717, 1.165) is 13.1 Å². The zero-order valence-electron chi connectivity index (χ0n) is 11.9.